The van der Waals surface area contributed by atoms with Crippen LogP contribution in [-0.4, -0.2) is 33.5 Å². The number of aryl methyl sites for hydroxylation is 1. The molecular formula is C20H18Cl2N4O2. The van der Waals surface area contributed by atoms with Crippen LogP contribution in [0.25, 0.3) is 0 Å². The van der Waals surface area contributed by atoms with E-state index in [4.69, 9.17) is 23.2 Å². The molecule has 1 aromatic heterocycles. The third kappa shape index (κ3) is 4.52. The first-order valence-corrected chi connectivity index (χ1v) is 9.20. The second-order valence-corrected chi connectivity index (χ2v) is 7.10. The molecule has 0 aliphatic rings. The van der Waals surface area contributed by atoms with Crippen molar-refractivity contribution in [2.75, 3.05) is 12.4 Å². The minimum absolute atomic E-state index is 0.230. The highest BCUT2D eigenvalue weighted by atomic mass is 35.5. The van der Waals surface area contributed by atoms with E-state index >= 15 is 0 Å². The molecule has 8 heteroatoms. The fourth-order valence-corrected chi connectivity index (χ4v) is 3.00. The van der Waals surface area contributed by atoms with Gasteiger partial charge in [-0.15, -0.1) is 0 Å². The van der Waals surface area contributed by atoms with Crippen molar-refractivity contribution in [2.24, 2.45) is 7.05 Å². The van der Waals surface area contributed by atoms with Gasteiger partial charge in [-0.1, -0.05) is 47.5 Å². The summed E-state index contributed by atoms with van der Waals surface area (Å²) in [6.07, 6.45) is 0. The van der Waals surface area contributed by atoms with Gasteiger partial charge in [0, 0.05) is 31.7 Å². The Morgan fingerprint density at radius 3 is 2.46 bits per heavy atom. The Morgan fingerprint density at radius 1 is 1.11 bits per heavy atom. The number of hydrogen-bond donors (Lipinski definition) is 1. The second-order valence-electron chi connectivity index (χ2n) is 6.26. The van der Waals surface area contributed by atoms with Crippen molar-refractivity contribution in [2.45, 2.75) is 6.54 Å². The van der Waals surface area contributed by atoms with Crippen LogP contribution in [0, 0.1) is 0 Å². The van der Waals surface area contributed by atoms with Crippen LogP contribution < -0.4 is 5.32 Å². The number of hydrogen-bond acceptors (Lipinski definition) is 3. The molecule has 0 unspecified atom stereocenters. The van der Waals surface area contributed by atoms with Crippen molar-refractivity contribution in [1.29, 1.82) is 0 Å². The lowest BCUT2D eigenvalue weighted by atomic mass is 10.2. The Labute approximate surface area is 172 Å². The highest BCUT2D eigenvalue weighted by Crippen LogP contribution is 2.18. The Morgan fingerprint density at radius 2 is 1.79 bits per heavy atom. The van der Waals surface area contributed by atoms with Crippen molar-refractivity contribution in [3.05, 3.63) is 81.5 Å². The third-order valence-corrected chi connectivity index (χ3v) is 4.72. The van der Waals surface area contributed by atoms with Gasteiger partial charge in [0.15, 0.2) is 5.69 Å². The summed E-state index contributed by atoms with van der Waals surface area (Å²) in [6, 6.07) is 15.5. The van der Waals surface area contributed by atoms with Gasteiger partial charge in [-0.25, -0.2) is 0 Å². The zero-order chi connectivity index (χ0) is 20.3. The summed E-state index contributed by atoms with van der Waals surface area (Å²) in [7, 11) is 3.34. The van der Waals surface area contributed by atoms with Crippen molar-refractivity contribution in [3.8, 4) is 0 Å². The molecule has 3 aromatic rings. The predicted molar refractivity (Wildman–Crippen MR) is 110 cm³/mol. The second kappa shape index (κ2) is 8.46. The molecule has 0 fully saturated rings. The summed E-state index contributed by atoms with van der Waals surface area (Å²) < 4.78 is 1.44. The number of nitrogens with zero attached hydrogens (tertiary/aromatic N) is 3. The molecule has 0 radical (unpaired) electrons. The lowest BCUT2D eigenvalue weighted by Crippen LogP contribution is -2.26. The maximum atomic E-state index is 12.7. The number of halogens is 2. The molecule has 28 heavy (non-hydrogen) atoms. The fourth-order valence-electron chi connectivity index (χ4n) is 2.65. The molecule has 0 atom stereocenters. The summed E-state index contributed by atoms with van der Waals surface area (Å²) in [6.45, 7) is 0.411. The normalized spacial score (nSPS) is 10.6. The van der Waals surface area contributed by atoms with Crippen LogP contribution in [0.15, 0.2) is 54.6 Å². The third-order valence-electron chi connectivity index (χ3n) is 4.14. The first-order chi connectivity index (χ1) is 13.3. The number of anilines is 1. The van der Waals surface area contributed by atoms with Crippen LogP contribution in [0.3, 0.4) is 0 Å². The van der Waals surface area contributed by atoms with Gasteiger partial charge >= 0.3 is 0 Å². The average molecular weight is 417 g/mol. The maximum Gasteiger partial charge on any atom is 0.274 e. The van der Waals surface area contributed by atoms with E-state index in [1.54, 1.807) is 55.4 Å². The van der Waals surface area contributed by atoms with Crippen LogP contribution in [-0.2, 0) is 13.6 Å². The molecule has 0 aliphatic carbocycles. The molecular weight excluding hydrogens is 399 g/mol. The summed E-state index contributed by atoms with van der Waals surface area (Å²) in [4.78, 5) is 26.7. The molecule has 0 saturated carbocycles. The number of aromatic nitrogens is 2. The minimum atomic E-state index is -0.373. The molecule has 0 bridgehead atoms. The smallest absolute Gasteiger partial charge is 0.274 e. The van der Waals surface area contributed by atoms with Crippen LogP contribution in [0.5, 0.6) is 0 Å². The topological polar surface area (TPSA) is 67.2 Å². The van der Waals surface area contributed by atoms with Crippen molar-refractivity contribution in [3.63, 3.8) is 0 Å². The summed E-state index contributed by atoms with van der Waals surface area (Å²) in [5.74, 6) is -0.237. The van der Waals surface area contributed by atoms with E-state index in [1.165, 1.54) is 10.7 Å². The van der Waals surface area contributed by atoms with Crippen LogP contribution >= 0.6 is 23.2 Å². The largest absolute Gasteiger partial charge is 0.336 e. The van der Waals surface area contributed by atoms with Gasteiger partial charge < -0.3 is 10.2 Å². The number of benzene rings is 2. The highest BCUT2D eigenvalue weighted by Gasteiger charge is 2.19. The van der Waals surface area contributed by atoms with E-state index in [1.807, 2.05) is 12.1 Å². The molecule has 144 valence electrons. The van der Waals surface area contributed by atoms with E-state index in [0.717, 1.165) is 5.56 Å². The van der Waals surface area contributed by atoms with E-state index in [2.05, 4.69) is 10.4 Å². The van der Waals surface area contributed by atoms with Gasteiger partial charge in [-0.3, -0.25) is 14.3 Å². The zero-order valence-corrected chi connectivity index (χ0v) is 16.8. The van der Waals surface area contributed by atoms with Gasteiger partial charge in [0.1, 0.15) is 5.82 Å². The first kappa shape index (κ1) is 19.9. The summed E-state index contributed by atoms with van der Waals surface area (Å²) >= 11 is 11.9. The Hall–Kier alpha value is -2.83. The van der Waals surface area contributed by atoms with Gasteiger partial charge in [0.25, 0.3) is 11.8 Å². The van der Waals surface area contributed by atoms with Crippen molar-refractivity contribution in [1.82, 2.24) is 14.7 Å². The van der Waals surface area contributed by atoms with E-state index in [-0.39, 0.29) is 17.5 Å². The predicted octanol–water partition coefficient (Wildman–Crippen LogP) is 4.25. The number of carbonyl (C=O) groups is 2. The summed E-state index contributed by atoms with van der Waals surface area (Å²) in [5.41, 5.74) is 1.52. The number of carbonyl (C=O) groups excluding carboxylic acids is 2. The Kier molecular flexibility index (Phi) is 6.02. The lowest BCUT2D eigenvalue weighted by molar-refractivity contribution is 0.0778. The van der Waals surface area contributed by atoms with E-state index < -0.39 is 0 Å². The minimum Gasteiger partial charge on any atom is -0.336 e. The molecule has 0 spiro atoms. The molecule has 0 aliphatic heterocycles. The van der Waals surface area contributed by atoms with Gasteiger partial charge in [0.2, 0.25) is 0 Å². The molecule has 3 rings (SSSR count). The van der Waals surface area contributed by atoms with Gasteiger partial charge in [0.05, 0.1) is 10.6 Å². The molecule has 0 saturated heterocycles. The van der Waals surface area contributed by atoms with E-state index in [0.29, 0.717) is 28.0 Å². The Bertz CT molecular complexity index is 1020. The van der Waals surface area contributed by atoms with Crippen LogP contribution in [0.2, 0.25) is 10.0 Å². The molecule has 2 aromatic carbocycles. The standard InChI is InChI=1S/C20H18Cl2N4O2/c1-25(12-13-7-9-14(21)10-8-13)20(28)17-11-18(26(2)24-17)23-19(27)15-5-3-4-6-16(15)22/h3-11H,12H2,1-2H3,(H,23,27). The Balaban J connectivity index is 1.72. The van der Waals surface area contributed by atoms with Crippen molar-refractivity contribution >= 4 is 40.8 Å². The number of rotatable bonds is 5. The number of nitrogens with one attached hydrogen (secondary N) is 1. The fraction of sp³-hybridized carbons (Fsp3) is 0.150. The molecule has 1 N–H and O–H groups in total. The number of amides is 2. The monoisotopic (exact) mass is 416 g/mol. The average Bonchev–Trinajstić information content (AvgIpc) is 3.03. The SMILES string of the molecule is CN(Cc1ccc(Cl)cc1)C(=O)c1cc(NC(=O)c2ccccc2Cl)n(C)n1. The van der Waals surface area contributed by atoms with E-state index in [9.17, 15) is 9.59 Å². The first-order valence-electron chi connectivity index (χ1n) is 8.45. The highest BCUT2D eigenvalue weighted by molar-refractivity contribution is 6.34. The van der Waals surface area contributed by atoms with Gasteiger partial charge in [-0.2, -0.15) is 5.10 Å². The molecule has 2 amide bonds. The van der Waals surface area contributed by atoms with Crippen LogP contribution in [0.4, 0.5) is 5.82 Å². The maximum absolute atomic E-state index is 12.7. The van der Waals surface area contributed by atoms with Gasteiger partial charge in [-0.05, 0) is 29.8 Å². The quantitative estimate of drug-likeness (QED) is 0.675. The summed E-state index contributed by atoms with van der Waals surface area (Å²) in [5, 5.41) is 7.93. The van der Waals surface area contributed by atoms with Crippen LogP contribution in [0.1, 0.15) is 26.4 Å². The molecule has 1 heterocycles. The van der Waals surface area contributed by atoms with Crippen molar-refractivity contribution < 1.29 is 9.59 Å². The zero-order valence-electron chi connectivity index (χ0n) is 15.3. The lowest BCUT2D eigenvalue weighted by Gasteiger charge is -2.15. The molecule has 6 nitrogen and oxygen atoms in total.